The zero-order valence-corrected chi connectivity index (χ0v) is 9.62. The number of benzene rings is 1. The maximum absolute atomic E-state index is 13.4. The van der Waals surface area contributed by atoms with Crippen molar-refractivity contribution < 1.29 is 27.5 Å². The van der Waals surface area contributed by atoms with E-state index in [9.17, 15) is 22.4 Å². The van der Waals surface area contributed by atoms with Crippen molar-refractivity contribution >= 4 is 17.5 Å². The maximum atomic E-state index is 13.4. The Morgan fingerprint density at radius 2 is 1.85 bits per heavy atom. The van der Waals surface area contributed by atoms with Gasteiger partial charge in [0.15, 0.2) is 17.5 Å². The van der Waals surface area contributed by atoms with Gasteiger partial charge in [0.2, 0.25) is 0 Å². The summed E-state index contributed by atoms with van der Waals surface area (Å²) in [6.45, 7) is 0. The Balaban J connectivity index is 2.45. The van der Waals surface area contributed by atoms with Gasteiger partial charge >= 0.3 is 5.97 Å². The Bertz CT molecular complexity index is 691. The number of carboxylic acids is 1. The molecule has 0 fully saturated rings. The van der Waals surface area contributed by atoms with Gasteiger partial charge in [-0.1, -0.05) is 0 Å². The van der Waals surface area contributed by atoms with Crippen LogP contribution in [0.1, 0.15) is 10.4 Å². The van der Waals surface area contributed by atoms with Crippen LogP contribution in [-0.2, 0) is 0 Å². The van der Waals surface area contributed by atoms with Gasteiger partial charge in [-0.25, -0.2) is 27.3 Å². The summed E-state index contributed by atoms with van der Waals surface area (Å²) in [6, 6.07) is 2.19. The van der Waals surface area contributed by atoms with E-state index in [1.54, 1.807) is 0 Å². The Hall–Kier alpha value is -2.64. The highest BCUT2D eigenvalue weighted by molar-refractivity contribution is 5.93. The summed E-state index contributed by atoms with van der Waals surface area (Å²) < 4.78 is 52.1. The lowest BCUT2D eigenvalue weighted by molar-refractivity contribution is 0.0697. The molecule has 0 saturated carbocycles. The average molecular weight is 286 g/mol. The highest BCUT2D eigenvalue weighted by atomic mass is 19.2. The lowest BCUT2D eigenvalue weighted by Crippen LogP contribution is -2.07. The molecule has 0 unspecified atom stereocenters. The zero-order valence-electron chi connectivity index (χ0n) is 9.62. The standard InChI is InChI=1S/C12H6F4N2O2/c13-5-3-6(12(19)20)11(17-4-5)18-8-2-1-7(14)9(15)10(8)16/h1-4H,(H,17,18)(H,19,20). The van der Waals surface area contributed by atoms with E-state index >= 15 is 0 Å². The van der Waals surface area contributed by atoms with Gasteiger partial charge in [-0.2, -0.15) is 0 Å². The average Bonchev–Trinajstić information content (AvgIpc) is 2.41. The van der Waals surface area contributed by atoms with E-state index in [-0.39, 0.29) is 0 Å². The number of halogens is 4. The Labute approximate surface area is 109 Å². The van der Waals surface area contributed by atoms with Gasteiger partial charge in [-0.15, -0.1) is 0 Å². The third-order valence-electron chi connectivity index (χ3n) is 2.37. The van der Waals surface area contributed by atoms with Crippen molar-refractivity contribution in [2.75, 3.05) is 5.32 Å². The van der Waals surface area contributed by atoms with Crippen molar-refractivity contribution in [3.05, 3.63) is 53.2 Å². The van der Waals surface area contributed by atoms with E-state index < -0.39 is 46.3 Å². The number of aromatic nitrogens is 1. The molecule has 0 radical (unpaired) electrons. The predicted octanol–water partition coefficient (Wildman–Crippen LogP) is 3.08. The van der Waals surface area contributed by atoms with Crippen LogP contribution in [0.2, 0.25) is 0 Å². The fraction of sp³-hybridized carbons (Fsp3) is 0. The topological polar surface area (TPSA) is 62.2 Å². The molecule has 8 heteroatoms. The Morgan fingerprint density at radius 3 is 2.50 bits per heavy atom. The summed E-state index contributed by atoms with van der Waals surface area (Å²) in [7, 11) is 0. The lowest BCUT2D eigenvalue weighted by atomic mass is 10.2. The molecule has 0 atom stereocenters. The van der Waals surface area contributed by atoms with Crippen LogP contribution in [0.25, 0.3) is 0 Å². The summed E-state index contributed by atoms with van der Waals surface area (Å²) in [4.78, 5) is 14.3. The van der Waals surface area contributed by atoms with Crippen molar-refractivity contribution in [1.29, 1.82) is 0 Å². The number of hydrogen-bond acceptors (Lipinski definition) is 3. The fourth-order valence-corrected chi connectivity index (χ4v) is 1.45. The molecule has 1 aromatic heterocycles. The van der Waals surface area contributed by atoms with Crippen LogP contribution in [0.15, 0.2) is 24.4 Å². The molecule has 0 amide bonds. The molecule has 1 heterocycles. The van der Waals surface area contributed by atoms with Gasteiger partial charge in [0.25, 0.3) is 0 Å². The van der Waals surface area contributed by atoms with Gasteiger partial charge < -0.3 is 10.4 Å². The van der Waals surface area contributed by atoms with Crippen LogP contribution in [0.5, 0.6) is 0 Å². The van der Waals surface area contributed by atoms with Crippen LogP contribution in [-0.4, -0.2) is 16.1 Å². The largest absolute Gasteiger partial charge is 0.478 e. The molecule has 2 N–H and O–H groups in total. The molecule has 4 nitrogen and oxygen atoms in total. The van der Waals surface area contributed by atoms with Crippen LogP contribution < -0.4 is 5.32 Å². The van der Waals surface area contributed by atoms with E-state index in [4.69, 9.17) is 5.11 Å². The highest BCUT2D eigenvalue weighted by Gasteiger charge is 2.17. The van der Waals surface area contributed by atoms with E-state index in [0.29, 0.717) is 18.3 Å². The minimum atomic E-state index is -1.71. The van der Waals surface area contributed by atoms with Crippen molar-refractivity contribution in [3.8, 4) is 0 Å². The molecule has 0 aliphatic carbocycles. The molecule has 2 rings (SSSR count). The van der Waals surface area contributed by atoms with Gasteiger partial charge in [0.05, 0.1) is 11.9 Å². The smallest absolute Gasteiger partial charge is 0.339 e. The summed E-state index contributed by atoms with van der Waals surface area (Å²) in [6.07, 6.45) is 0.701. The number of nitrogens with zero attached hydrogens (tertiary/aromatic N) is 1. The van der Waals surface area contributed by atoms with E-state index in [1.165, 1.54) is 0 Å². The SMILES string of the molecule is O=C(O)c1cc(F)cnc1Nc1ccc(F)c(F)c1F. The minimum Gasteiger partial charge on any atom is -0.478 e. The third-order valence-corrected chi connectivity index (χ3v) is 2.37. The molecule has 1 aromatic carbocycles. The quantitative estimate of drug-likeness (QED) is 0.672. The number of anilines is 2. The molecule has 0 aliphatic heterocycles. The van der Waals surface area contributed by atoms with Gasteiger partial charge in [-0.3, -0.25) is 0 Å². The van der Waals surface area contributed by atoms with Crippen LogP contribution in [0, 0.1) is 23.3 Å². The Kier molecular flexibility index (Phi) is 3.55. The first-order chi connectivity index (χ1) is 9.40. The second-order valence-corrected chi connectivity index (χ2v) is 3.70. The highest BCUT2D eigenvalue weighted by Crippen LogP contribution is 2.24. The van der Waals surface area contributed by atoms with Gasteiger partial charge in [0.1, 0.15) is 17.2 Å². The maximum Gasteiger partial charge on any atom is 0.339 e. The van der Waals surface area contributed by atoms with Gasteiger partial charge in [0, 0.05) is 0 Å². The number of carbonyl (C=O) groups is 1. The first-order valence-corrected chi connectivity index (χ1v) is 5.19. The van der Waals surface area contributed by atoms with Crippen molar-refractivity contribution in [2.24, 2.45) is 0 Å². The second-order valence-electron chi connectivity index (χ2n) is 3.70. The summed E-state index contributed by atoms with van der Waals surface area (Å²) >= 11 is 0. The first-order valence-electron chi connectivity index (χ1n) is 5.19. The van der Waals surface area contributed by atoms with Crippen molar-refractivity contribution in [3.63, 3.8) is 0 Å². The number of aromatic carboxylic acids is 1. The number of pyridine rings is 1. The predicted molar refractivity (Wildman–Crippen MR) is 60.8 cm³/mol. The van der Waals surface area contributed by atoms with Gasteiger partial charge in [-0.05, 0) is 18.2 Å². The summed E-state index contributed by atoms with van der Waals surface area (Å²) in [5.41, 5.74) is -1.10. The van der Waals surface area contributed by atoms with E-state index in [2.05, 4.69) is 10.3 Å². The van der Waals surface area contributed by atoms with E-state index in [0.717, 1.165) is 6.07 Å². The monoisotopic (exact) mass is 286 g/mol. The van der Waals surface area contributed by atoms with Crippen LogP contribution >= 0.6 is 0 Å². The van der Waals surface area contributed by atoms with Crippen LogP contribution in [0.3, 0.4) is 0 Å². The summed E-state index contributed by atoms with van der Waals surface area (Å²) in [5, 5.41) is 11.0. The number of hydrogen-bond donors (Lipinski definition) is 2. The van der Waals surface area contributed by atoms with Crippen molar-refractivity contribution in [1.82, 2.24) is 4.98 Å². The lowest BCUT2D eigenvalue weighted by Gasteiger charge is -2.10. The van der Waals surface area contributed by atoms with Crippen LogP contribution in [0.4, 0.5) is 29.1 Å². The molecule has 20 heavy (non-hydrogen) atoms. The molecular formula is C12H6F4N2O2. The molecule has 0 saturated heterocycles. The first kappa shape index (κ1) is 13.8. The zero-order chi connectivity index (χ0) is 14.9. The number of nitrogens with one attached hydrogen (secondary N) is 1. The summed E-state index contributed by atoms with van der Waals surface area (Å²) in [5.74, 6) is -7.45. The van der Waals surface area contributed by atoms with E-state index in [1.807, 2.05) is 0 Å². The van der Waals surface area contributed by atoms with Crippen molar-refractivity contribution in [2.45, 2.75) is 0 Å². The molecule has 104 valence electrons. The molecular weight excluding hydrogens is 280 g/mol. The number of rotatable bonds is 3. The molecule has 2 aromatic rings. The molecule has 0 spiro atoms. The molecule has 0 aliphatic rings. The normalized spacial score (nSPS) is 10.4. The fourth-order valence-electron chi connectivity index (χ4n) is 1.45. The molecule has 0 bridgehead atoms. The minimum absolute atomic E-state index is 0.399. The third kappa shape index (κ3) is 2.53. The number of carboxylic acid groups (broad SMARTS) is 1. The second kappa shape index (κ2) is 5.16. The Morgan fingerprint density at radius 1 is 1.15 bits per heavy atom.